The fourth-order valence-electron chi connectivity index (χ4n) is 2.40. The van der Waals surface area contributed by atoms with Crippen molar-refractivity contribution in [1.29, 1.82) is 0 Å². The molecule has 6 heteroatoms. The number of hydrogen-bond acceptors (Lipinski definition) is 4. The number of aliphatic carboxylic acids is 1. The van der Waals surface area contributed by atoms with Gasteiger partial charge in [0.2, 0.25) is 0 Å². The van der Waals surface area contributed by atoms with Crippen molar-refractivity contribution in [2.24, 2.45) is 0 Å². The lowest BCUT2D eigenvalue weighted by molar-refractivity contribution is -0.136. The summed E-state index contributed by atoms with van der Waals surface area (Å²) in [5.41, 5.74) is 1.41. The quantitative estimate of drug-likeness (QED) is 0.680. The number of carboxylic acid groups (broad SMARTS) is 1. The van der Waals surface area contributed by atoms with Crippen molar-refractivity contribution >= 4 is 23.6 Å². The SMILES string of the molecule is CCOc1cccc(C(C)NC(=O)c2ccccc2SC(C)C(=O)O)c1. The van der Waals surface area contributed by atoms with Gasteiger partial charge in [-0.15, -0.1) is 11.8 Å². The number of benzene rings is 2. The zero-order valence-electron chi connectivity index (χ0n) is 15.1. The van der Waals surface area contributed by atoms with E-state index in [9.17, 15) is 9.59 Å². The maximum Gasteiger partial charge on any atom is 0.316 e. The van der Waals surface area contributed by atoms with Gasteiger partial charge in [-0.3, -0.25) is 9.59 Å². The molecule has 138 valence electrons. The molecule has 2 aromatic carbocycles. The van der Waals surface area contributed by atoms with E-state index in [0.717, 1.165) is 23.1 Å². The zero-order chi connectivity index (χ0) is 19.1. The van der Waals surface area contributed by atoms with Crippen LogP contribution < -0.4 is 10.1 Å². The molecule has 0 spiro atoms. The molecule has 0 fully saturated rings. The van der Waals surface area contributed by atoms with Crippen molar-refractivity contribution in [1.82, 2.24) is 5.32 Å². The second-order valence-corrected chi connectivity index (χ2v) is 7.18. The molecule has 26 heavy (non-hydrogen) atoms. The Labute approximate surface area is 157 Å². The van der Waals surface area contributed by atoms with Crippen LogP contribution in [0.2, 0.25) is 0 Å². The third-order valence-corrected chi connectivity index (χ3v) is 4.97. The van der Waals surface area contributed by atoms with E-state index < -0.39 is 11.2 Å². The fraction of sp³-hybridized carbons (Fsp3) is 0.300. The number of carbonyl (C=O) groups is 2. The third-order valence-electron chi connectivity index (χ3n) is 3.80. The molecule has 0 saturated carbocycles. The van der Waals surface area contributed by atoms with E-state index in [-0.39, 0.29) is 11.9 Å². The Morgan fingerprint density at radius 2 is 1.88 bits per heavy atom. The standard InChI is InChI=1S/C20H23NO4S/c1-4-25-16-9-7-8-15(12-16)13(2)21-19(22)17-10-5-6-11-18(17)26-14(3)20(23)24/h5-14H,4H2,1-3H3,(H,21,22)(H,23,24). The van der Waals surface area contributed by atoms with E-state index in [4.69, 9.17) is 9.84 Å². The lowest BCUT2D eigenvalue weighted by Crippen LogP contribution is -2.27. The lowest BCUT2D eigenvalue weighted by Gasteiger charge is -2.17. The molecule has 0 heterocycles. The minimum Gasteiger partial charge on any atom is -0.494 e. The van der Waals surface area contributed by atoms with Crippen LogP contribution in [0.1, 0.15) is 42.7 Å². The highest BCUT2D eigenvalue weighted by atomic mass is 32.2. The maximum absolute atomic E-state index is 12.7. The molecule has 0 bridgehead atoms. The monoisotopic (exact) mass is 373 g/mol. The second kappa shape index (κ2) is 9.29. The van der Waals surface area contributed by atoms with Gasteiger partial charge in [-0.25, -0.2) is 0 Å². The summed E-state index contributed by atoms with van der Waals surface area (Å²) in [6.45, 7) is 6.00. The summed E-state index contributed by atoms with van der Waals surface area (Å²) in [7, 11) is 0. The highest BCUT2D eigenvalue weighted by Gasteiger charge is 2.19. The number of hydrogen-bond donors (Lipinski definition) is 2. The topological polar surface area (TPSA) is 75.6 Å². The van der Waals surface area contributed by atoms with E-state index in [0.29, 0.717) is 17.1 Å². The number of rotatable bonds is 8. The summed E-state index contributed by atoms with van der Waals surface area (Å²) in [5.74, 6) is -0.386. The van der Waals surface area contributed by atoms with Crippen LogP contribution in [-0.4, -0.2) is 28.8 Å². The fourth-order valence-corrected chi connectivity index (χ4v) is 3.32. The average molecular weight is 373 g/mol. The molecule has 2 unspecified atom stereocenters. The van der Waals surface area contributed by atoms with Crippen molar-refractivity contribution < 1.29 is 19.4 Å². The van der Waals surface area contributed by atoms with Gasteiger partial charge in [-0.2, -0.15) is 0 Å². The Morgan fingerprint density at radius 1 is 1.15 bits per heavy atom. The van der Waals surface area contributed by atoms with E-state index >= 15 is 0 Å². The predicted octanol–water partition coefficient (Wildman–Crippen LogP) is 4.14. The van der Waals surface area contributed by atoms with Crippen molar-refractivity contribution in [3.63, 3.8) is 0 Å². The minimum atomic E-state index is -0.911. The van der Waals surface area contributed by atoms with Crippen LogP contribution in [0.3, 0.4) is 0 Å². The second-order valence-electron chi connectivity index (χ2n) is 5.80. The molecule has 2 aromatic rings. The number of carboxylic acids is 1. The van der Waals surface area contributed by atoms with Crippen LogP contribution in [0.5, 0.6) is 5.75 Å². The first-order valence-corrected chi connectivity index (χ1v) is 9.32. The van der Waals surface area contributed by atoms with Crippen LogP contribution >= 0.6 is 11.8 Å². The van der Waals surface area contributed by atoms with Crippen molar-refractivity contribution in [2.75, 3.05) is 6.61 Å². The Kier molecular flexibility index (Phi) is 7.09. The summed E-state index contributed by atoms with van der Waals surface area (Å²) in [5, 5.41) is 11.4. The molecule has 0 aromatic heterocycles. The average Bonchev–Trinajstić information content (AvgIpc) is 2.62. The summed E-state index contributed by atoms with van der Waals surface area (Å²) in [6.07, 6.45) is 0. The van der Waals surface area contributed by atoms with E-state index in [1.165, 1.54) is 0 Å². The van der Waals surface area contributed by atoms with Crippen LogP contribution in [0, 0.1) is 0 Å². The van der Waals surface area contributed by atoms with Crippen molar-refractivity contribution in [3.8, 4) is 5.75 Å². The highest BCUT2D eigenvalue weighted by Crippen LogP contribution is 2.28. The first kappa shape index (κ1) is 19.8. The van der Waals surface area contributed by atoms with Gasteiger partial charge in [-0.05, 0) is 50.6 Å². The van der Waals surface area contributed by atoms with Gasteiger partial charge in [0, 0.05) is 4.90 Å². The molecule has 0 aliphatic heterocycles. The van der Waals surface area contributed by atoms with Crippen molar-refractivity contribution in [2.45, 2.75) is 37.0 Å². The highest BCUT2D eigenvalue weighted by molar-refractivity contribution is 8.00. The van der Waals surface area contributed by atoms with Gasteiger partial charge < -0.3 is 15.2 Å². The molecule has 2 rings (SSSR count). The Hall–Kier alpha value is -2.47. The Bertz CT molecular complexity index is 778. The van der Waals surface area contributed by atoms with Crippen LogP contribution in [0.15, 0.2) is 53.4 Å². The molecular formula is C20H23NO4S. The Morgan fingerprint density at radius 3 is 2.58 bits per heavy atom. The van der Waals surface area contributed by atoms with Gasteiger partial charge in [0.1, 0.15) is 11.0 Å². The summed E-state index contributed by atoms with van der Waals surface area (Å²) in [6, 6.07) is 14.4. The van der Waals surface area contributed by atoms with Gasteiger partial charge in [0.05, 0.1) is 18.2 Å². The van der Waals surface area contributed by atoms with E-state index in [1.807, 2.05) is 38.1 Å². The molecule has 2 atom stereocenters. The van der Waals surface area contributed by atoms with Crippen molar-refractivity contribution in [3.05, 3.63) is 59.7 Å². The summed E-state index contributed by atoms with van der Waals surface area (Å²) in [4.78, 5) is 24.5. The molecule has 1 amide bonds. The maximum atomic E-state index is 12.7. The van der Waals surface area contributed by atoms with E-state index in [2.05, 4.69) is 5.32 Å². The van der Waals surface area contributed by atoms with Gasteiger partial charge in [-0.1, -0.05) is 24.3 Å². The first-order chi connectivity index (χ1) is 12.4. The van der Waals surface area contributed by atoms with Gasteiger partial charge in [0.25, 0.3) is 5.91 Å². The number of carbonyl (C=O) groups excluding carboxylic acids is 1. The number of nitrogens with one attached hydrogen (secondary N) is 1. The van der Waals surface area contributed by atoms with Crippen LogP contribution in [-0.2, 0) is 4.79 Å². The Balaban J connectivity index is 2.14. The molecule has 0 aliphatic rings. The van der Waals surface area contributed by atoms with Crippen LogP contribution in [0.4, 0.5) is 0 Å². The van der Waals surface area contributed by atoms with Crippen LogP contribution in [0.25, 0.3) is 0 Å². The number of thioether (sulfide) groups is 1. The summed E-state index contributed by atoms with van der Waals surface area (Å²) < 4.78 is 5.50. The zero-order valence-corrected chi connectivity index (χ0v) is 15.9. The number of amides is 1. The predicted molar refractivity (Wildman–Crippen MR) is 103 cm³/mol. The lowest BCUT2D eigenvalue weighted by atomic mass is 10.1. The van der Waals surface area contributed by atoms with E-state index in [1.54, 1.807) is 31.2 Å². The first-order valence-electron chi connectivity index (χ1n) is 8.44. The normalized spacial score (nSPS) is 12.9. The molecule has 0 radical (unpaired) electrons. The molecule has 0 saturated heterocycles. The molecular weight excluding hydrogens is 350 g/mol. The molecule has 5 nitrogen and oxygen atoms in total. The van der Waals surface area contributed by atoms with Gasteiger partial charge >= 0.3 is 5.97 Å². The molecule has 0 aliphatic carbocycles. The molecule has 2 N–H and O–H groups in total. The minimum absolute atomic E-state index is 0.210. The largest absolute Gasteiger partial charge is 0.494 e. The van der Waals surface area contributed by atoms with Gasteiger partial charge in [0.15, 0.2) is 0 Å². The smallest absolute Gasteiger partial charge is 0.316 e. The summed E-state index contributed by atoms with van der Waals surface area (Å²) >= 11 is 1.16. The third kappa shape index (κ3) is 5.26. The number of ether oxygens (including phenoxy) is 1.